The number of nitrogens with one attached hydrogen (secondary N) is 1. The highest BCUT2D eigenvalue weighted by atomic mass is 79.9. The summed E-state index contributed by atoms with van der Waals surface area (Å²) in [5, 5.41) is 6.02. The highest BCUT2D eigenvalue weighted by molar-refractivity contribution is 9.10. The SMILES string of the molecule is C[C@H]1CC(Nc2cc(Br)ccc2F)c2ccsc2S1. The summed E-state index contributed by atoms with van der Waals surface area (Å²) in [4.78, 5) is 0. The van der Waals surface area contributed by atoms with Crippen LogP contribution in [0.1, 0.15) is 24.9 Å². The molecule has 2 aromatic rings. The van der Waals surface area contributed by atoms with Crippen LogP contribution >= 0.6 is 39.0 Å². The number of anilines is 1. The van der Waals surface area contributed by atoms with Gasteiger partial charge in [-0.2, -0.15) is 0 Å². The van der Waals surface area contributed by atoms with Crippen molar-refractivity contribution in [1.29, 1.82) is 0 Å². The van der Waals surface area contributed by atoms with Crippen LogP contribution in [0.25, 0.3) is 0 Å². The number of fused-ring (bicyclic) bond motifs is 1. The van der Waals surface area contributed by atoms with Crippen molar-refractivity contribution in [1.82, 2.24) is 0 Å². The molecule has 0 aliphatic carbocycles. The van der Waals surface area contributed by atoms with E-state index in [0.717, 1.165) is 10.9 Å². The lowest BCUT2D eigenvalue weighted by Gasteiger charge is -2.28. The number of hydrogen-bond acceptors (Lipinski definition) is 3. The molecule has 0 saturated heterocycles. The van der Waals surface area contributed by atoms with E-state index in [1.54, 1.807) is 23.5 Å². The first-order chi connectivity index (χ1) is 9.13. The van der Waals surface area contributed by atoms with Crippen LogP contribution in [-0.2, 0) is 0 Å². The van der Waals surface area contributed by atoms with Crippen LogP contribution in [0.5, 0.6) is 0 Å². The maximum atomic E-state index is 13.8. The molecule has 1 nitrogen and oxygen atoms in total. The quantitative estimate of drug-likeness (QED) is 0.740. The van der Waals surface area contributed by atoms with Gasteiger partial charge in [0, 0.05) is 9.72 Å². The summed E-state index contributed by atoms with van der Waals surface area (Å²) in [5.74, 6) is -0.203. The van der Waals surface area contributed by atoms with Gasteiger partial charge in [-0.3, -0.25) is 0 Å². The molecule has 100 valence electrons. The van der Waals surface area contributed by atoms with Gasteiger partial charge in [0.15, 0.2) is 0 Å². The fourth-order valence-corrected chi connectivity index (χ4v) is 5.21. The Labute approximate surface area is 128 Å². The van der Waals surface area contributed by atoms with E-state index in [1.807, 2.05) is 11.8 Å². The van der Waals surface area contributed by atoms with E-state index in [4.69, 9.17) is 0 Å². The third-order valence-electron chi connectivity index (χ3n) is 3.17. The lowest BCUT2D eigenvalue weighted by Crippen LogP contribution is -2.19. The predicted molar refractivity (Wildman–Crippen MR) is 84.7 cm³/mol. The van der Waals surface area contributed by atoms with Crippen LogP contribution in [0, 0.1) is 5.82 Å². The van der Waals surface area contributed by atoms with Gasteiger partial charge in [-0.25, -0.2) is 4.39 Å². The molecule has 1 unspecified atom stereocenters. The minimum atomic E-state index is -0.203. The summed E-state index contributed by atoms with van der Waals surface area (Å²) < 4.78 is 16.1. The average molecular weight is 358 g/mol. The van der Waals surface area contributed by atoms with Crippen molar-refractivity contribution >= 4 is 44.7 Å². The highest BCUT2D eigenvalue weighted by Gasteiger charge is 2.26. The molecule has 2 atom stereocenters. The molecular weight excluding hydrogens is 345 g/mol. The number of rotatable bonds is 2. The number of benzene rings is 1. The topological polar surface area (TPSA) is 12.0 Å². The average Bonchev–Trinajstić information content (AvgIpc) is 2.82. The fraction of sp³-hybridized carbons (Fsp3) is 0.286. The van der Waals surface area contributed by atoms with Gasteiger partial charge in [0.2, 0.25) is 0 Å². The first-order valence-corrected chi connectivity index (χ1v) is 8.64. The van der Waals surface area contributed by atoms with Crippen LogP contribution in [0.2, 0.25) is 0 Å². The maximum absolute atomic E-state index is 13.8. The molecule has 1 N–H and O–H groups in total. The summed E-state index contributed by atoms with van der Waals surface area (Å²) in [7, 11) is 0. The minimum Gasteiger partial charge on any atom is -0.376 e. The smallest absolute Gasteiger partial charge is 0.146 e. The third kappa shape index (κ3) is 2.83. The Morgan fingerprint density at radius 1 is 1.37 bits per heavy atom. The monoisotopic (exact) mass is 357 g/mol. The number of thioether (sulfide) groups is 1. The second-order valence-corrected chi connectivity index (χ2v) is 8.19. The van der Waals surface area contributed by atoms with E-state index in [-0.39, 0.29) is 11.9 Å². The van der Waals surface area contributed by atoms with Crippen LogP contribution in [0.15, 0.2) is 38.3 Å². The van der Waals surface area contributed by atoms with Gasteiger partial charge in [0.1, 0.15) is 5.82 Å². The molecule has 1 aromatic carbocycles. The normalized spacial score (nSPS) is 22.1. The van der Waals surface area contributed by atoms with Gasteiger partial charge in [0.25, 0.3) is 0 Å². The highest BCUT2D eigenvalue weighted by Crippen LogP contribution is 2.45. The molecule has 1 aliphatic rings. The molecule has 19 heavy (non-hydrogen) atoms. The lowest BCUT2D eigenvalue weighted by atomic mass is 10.0. The van der Waals surface area contributed by atoms with Gasteiger partial charge < -0.3 is 5.32 Å². The van der Waals surface area contributed by atoms with Gasteiger partial charge in [-0.05, 0) is 41.6 Å². The molecule has 0 fully saturated rings. The summed E-state index contributed by atoms with van der Waals surface area (Å²) in [6, 6.07) is 7.35. The second kappa shape index (κ2) is 5.46. The number of hydrogen-bond donors (Lipinski definition) is 1. The number of halogens is 2. The molecule has 3 rings (SSSR count). The van der Waals surface area contributed by atoms with Crippen molar-refractivity contribution in [2.24, 2.45) is 0 Å². The van der Waals surface area contributed by atoms with Crippen LogP contribution < -0.4 is 5.32 Å². The molecule has 0 radical (unpaired) electrons. The maximum Gasteiger partial charge on any atom is 0.146 e. The Morgan fingerprint density at radius 2 is 2.21 bits per heavy atom. The Kier molecular flexibility index (Phi) is 3.87. The lowest BCUT2D eigenvalue weighted by molar-refractivity contribution is 0.616. The van der Waals surface area contributed by atoms with Crippen LogP contribution in [-0.4, -0.2) is 5.25 Å². The summed E-state index contributed by atoms with van der Waals surface area (Å²) in [6.45, 7) is 2.22. The fourth-order valence-electron chi connectivity index (χ4n) is 2.28. The minimum absolute atomic E-state index is 0.196. The van der Waals surface area contributed by atoms with E-state index < -0.39 is 0 Å². The van der Waals surface area contributed by atoms with E-state index in [9.17, 15) is 4.39 Å². The second-order valence-electron chi connectivity index (χ2n) is 4.65. The van der Waals surface area contributed by atoms with E-state index in [1.165, 1.54) is 15.8 Å². The van der Waals surface area contributed by atoms with Crippen molar-refractivity contribution in [2.45, 2.75) is 28.8 Å². The Hall–Kier alpha value is -0.520. The zero-order chi connectivity index (χ0) is 13.4. The Balaban J connectivity index is 1.90. The van der Waals surface area contributed by atoms with Crippen LogP contribution in [0.3, 0.4) is 0 Å². The molecule has 0 spiro atoms. The van der Waals surface area contributed by atoms with Gasteiger partial charge >= 0.3 is 0 Å². The molecule has 0 amide bonds. The van der Waals surface area contributed by atoms with Gasteiger partial charge in [-0.15, -0.1) is 23.1 Å². The van der Waals surface area contributed by atoms with E-state index in [0.29, 0.717) is 10.9 Å². The first-order valence-electron chi connectivity index (χ1n) is 6.09. The molecule has 1 aromatic heterocycles. The standard InChI is InChI=1S/C14H13BrFNS2/c1-8-6-12(10-4-5-18-14(10)19-8)17-13-7-9(15)2-3-11(13)16/h2-5,7-8,12,17H,6H2,1H3/t8-,12?/m0/s1. The third-order valence-corrected chi connectivity index (χ3v) is 6.00. The molecule has 0 bridgehead atoms. The molecule has 1 aliphatic heterocycles. The van der Waals surface area contributed by atoms with Crippen molar-refractivity contribution in [2.75, 3.05) is 5.32 Å². The molecule has 5 heteroatoms. The molecule has 0 saturated carbocycles. The predicted octanol–water partition coefficient (Wildman–Crippen LogP) is 5.69. The summed E-state index contributed by atoms with van der Waals surface area (Å²) >= 11 is 7.07. The van der Waals surface area contributed by atoms with Crippen molar-refractivity contribution in [3.63, 3.8) is 0 Å². The zero-order valence-corrected chi connectivity index (χ0v) is 13.5. The van der Waals surface area contributed by atoms with Crippen molar-refractivity contribution in [3.8, 4) is 0 Å². The van der Waals surface area contributed by atoms with Crippen LogP contribution in [0.4, 0.5) is 10.1 Å². The van der Waals surface area contributed by atoms with E-state index in [2.05, 4.69) is 39.6 Å². The number of thiophene rings is 1. The van der Waals surface area contributed by atoms with E-state index >= 15 is 0 Å². The van der Waals surface area contributed by atoms with Crippen molar-refractivity contribution < 1.29 is 4.39 Å². The Bertz CT molecular complexity index is 599. The van der Waals surface area contributed by atoms with Crippen molar-refractivity contribution in [3.05, 3.63) is 45.5 Å². The van der Waals surface area contributed by atoms with Gasteiger partial charge in [-0.1, -0.05) is 22.9 Å². The zero-order valence-electron chi connectivity index (χ0n) is 10.3. The Morgan fingerprint density at radius 3 is 3.05 bits per heavy atom. The summed E-state index contributed by atoms with van der Waals surface area (Å²) in [6.07, 6.45) is 1.01. The molecular formula is C14H13BrFNS2. The molecule has 2 heterocycles. The van der Waals surface area contributed by atoms with Gasteiger partial charge in [0.05, 0.1) is 15.9 Å². The largest absolute Gasteiger partial charge is 0.376 e. The summed E-state index contributed by atoms with van der Waals surface area (Å²) in [5.41, 5.74) is 1.86. The first kappa shape index (κ1) is 13.5.